The Morgan fingerprint density at radius 1 is 0.930 bits per heavy atom. The van der Waals surface area contributed by atoms with Crippen molar-refractivity contribution in [2.75, 3.05) is 31.7 Å². The number of para-hydroxylation sites is 2. The summed E-state index contributed by atoms with van der Waals surface area (Å²) >= 11 is 0. The molecule has 10 nitrogen and oxygen atoms in total. The Morgan fingerprint density at radius 3 is 2.47 bits per heavy atom. The summed E-state index contributed by atoms with van der Waals surface area (Å²) in [6.45, 7) is 1.77. The fourth-order valence-corrected chi connectivity index (χ4v) is 6.39. The molecule has 1 aliphatic carbocycles. The molecule has 0 radical (unpaired) electrons. The van der Waals surface area contributed by atoms with E-state index in [1.807, 2.05) is 48.5 Å². The number of methoxy groups -OCH3 is 1. The summed E-state index contributed by atoms with van der Waals surface area (Å²) in [4.78, 5) is 56.5. The highest BCUT2D eigenvalue weighted by atomic mass is 16.5. The van der Waals surface area contributed by atoms with E-state index in [0.717, 1.165) is 54.7 Å². The van der Waals surface area contributed by atoms with Gasteiger partial charge in [0.2, 0.25) is 11.8 Å². The molecule has 0 saturated heterocycles. The molecule has 2 aromatic carbocycles. The summed E-state index contributed by atoms with van der Waals surface area (Å²) in [7, 11) is 1.26. The molecule has 230 valence electrons. The highest BCUT2D eigenvalue weighted by molar-refractivity contribution is 5.97. The molecule has 2 aromatic rings. The molecule has 1 saturated carbocycles. The van der Waals surface area contributed by atoms with Gasteiger partial charge in [0, 0.05) is 30.8 Å². The zero-order valence-corrected chi connectivity index (χ0v) is 24.9. The van der Waals surface area contributed by atoms with Gasteiger partial charge in [-0.05, 0) is 42.9 Å². The largest absolute Gasteiger partial charge is 0.491 e. The molecule has 2 N–H and O–H groups in total. The summed E-state index contributed by atoms with van der Waals surface area (Å²) in [6, 6.07) is 13.2. The molecule has 0 bridgehead atoms. The predicted octanol–water partition coefficient (Wildman–Crippen LogP) is 3.96. The lowest BCUT2D eigenvalue weighted by Crippen LogP contribution is -2.55. The van der Waals surface area contributed by atoms with Gasteiger partial charge >= 0.3 is 12.0 Å². The fraction of sp³-hybridized carbons (Fsp3) is 0.515. The Morgan fingerprint density at radius 2 is 1.67 bits per heavy atom. The molecule has 2 unspecified atom stereocenters. The third kappa shape index (κ3) is 7.66. The van der Waals surface area contributed by atoms with Gasteiger partial charge in [-0.1, -0.05) is 68.5 Å². The topological polar surface area (TPSA) is 117 Å². The second-order valence-electron chi connectivity index (χ2n) is 11.7. The van der Waals surface area contributed by atoms with Crippen molar-refractivity contribution in [1.82, 2.24) is 15.5 Å². The van der Waals surface area contributed by atoms with Crippen molar-refractivity contribution < 1.29 is 28.7 Å². The third-order valence-corrected chi connectivity index (χ3v) is 8.79. The van der Waals surface area contributed by atoms with Gasteiger partial charge in [-0.15, -0.1) is 0 Å². The first-order chi connectivity index (χ1) is 20.9. The number of carbonyl (C=O) groups excluding carboxylic acids is 4. The smallest absolute Gasteiger partial charge is 0.328 e. The first kappa shape index (κ1) is 30.4. The standard InChI is InChI=1S/C33H42N4O6/c1-42-32(40)26(15-16-30(38)36-19-20-43-29-14-8-6-12-25(29)22-36)34-31(39)27(21-23-9-3-2-4-10-23)35-33(41)37-18-17-24-11-5-7-13-28(24)37/h5-8,11-14,23,26-27H,2-4,9-10,15-22H2,1H3,(H,34,39)(H,35,41). The Bertz CT molecular complexity index is 1310. The molecule has 2 atom stereocenters. The summed E-state index contributed by atoms with van der Waals surface area (Å²) in [5.41, 5.74) is 2.87. The number of hydrogen-bond donors (Lipinski definition) is 2. The number of anilines is 1. The van der Waals surface area contributed by atoms with Crippen molar-refractivity contribution in [3.63, 3.8) is 0 Å². The Hall–Kier alpha value is -4.08. The van der Waals surface area contributed by atoms with Gasteiger partial charge < -0.3 is 25.0 Å². The van der Waals surface area contributed by atoms with Crippen molar-refractivity contribution >= 4 is 29.5 Å². The number of ether oxygens (including phenoxy) is 2. The van der Waals surface area contributed by atoms with Crippen LogP contribution in [-0.4, -0.2) is 67.6 Å². The predicted molar refractivity (Wildman–Crippen MR) is 162 cm³/mol. The van der Waals surface area contributed by atoms with E-state index in [9.17, 15) is 19.2 Å². The van der Waals surface area contributed by atoms with Gasteiger partial charge in [0.05, 0.1) is 13.7 Å². The molecule has 4 amide bonds. The van der Waals surface area contributed by atoms with Crippen molar-refractivity contribution in [2.24, 2.45) is 5.92 Å². The zero-order valence-electron chi connectivity index (χ0n) is 24.9. The van der Waals surface area contributed by atoms with Crippen LogP contribution in [0.15, 0.2) is 48.5 Å². The van der Waals surface area contributed by atoms with Gasteiger partial charge in [0.25, 0.3) is 0 Å². The molecule has 43 heavy (non-hydrogen) atoms. The highest BCUT2D eigenvalue weighted by Crippen LogP contribution is 2.30. The molecule has 2 aliphatic heterocycles. The Labute approximate surface area is 253 Å². The van der Waals surface area contributed by atoms with Crippen LogP contribution in [0.2, 0.25) is 0 Å². The first-order valence-corrected chi connectivity index (χ1v) is 15.5. The molecule has 10 heteroatoms. The third-order valence-electron chi connectivity index (χ3n) is 8.79. The van der Waals surface area contributed by atoms with E-state index in [1.54, 1.807) is 9.80 Å². The number of rotatable bonds is 9. The number of nitrogens with one attached hydrogen (secondary N) is 2. The maximum absolute atomic E-state index is 13.7. The number of nitrogens with zero attached hydrogens (tertiary/aromatic N) is 2. The van der Waals surface area contributed by atoms with E-state index in [0.29, 0.717) is 38.6 Å². The number of benzene rings is 2. The number of fused-ring (bicyclic) bond motifs is 2. The second-order valence-corrected chi connectivity index (χ2v) is 11.7. The summed E-state index contributed by atoms with van der Waals surface area (Å²) in [5, 5.41) is 5.79. The molecular weight excluding hydrogens is 548 g/mol. The molecule has 1 fully saturated rings. The molecular formula is C33H42N4O6. The highest BCUT2D eigenvalue weighted by Gasteiger charge is 2.33. The lowest BCUT2D eigenvalue weighted by Gasteiger charge is -2.29. The Kier molecular flexibility index (Phi) is 10.2. The lowest BCUT2D eigenvalue weighted by molar-refractivity contribution is -0.146. The maximum atomic E-state index is 13.7. The summed E-state index contributed by atoms with van der Waals surface area (Å²) in [5.74, 6) is -0.126. The van der Waals surface area contributed by atoms with Gasteiger partial charge in [-0.25, -0.2) is 9.59 Å². The normalized spacial score (nSPS) is 17.9. The second kappa shape index (κ2) is 14.4. The van der Waals surface area contributed by atoms with Crippen LogP contribution in [0, 0.1) is 5.92 Å². The number of amides is 4. The van der Waals surface area contributed by atoms with Gasteiger partial charge in [0.15, 0.2) is 0 Å². The molecule has 0 aromatic heterocycles. The van der Waals surface area contributed by atoms with E-state index in [2.05, 4.69) is 10.6 Å². The summed E-state index contributed by atoms with van der Waals surface area (Å²) in [6.07, 6.45) is 6.78. The van der Waals surface area contributed by atoms with E-state index >= 15 is 0 Å². The maximum Gasteiger partial charge on any atom is 0.328 e. The van der Waals surface area contributed by atoms with Crippen molar-refractivity contribution in [3.8, 4) is 5.75 Å². The number of hydrogen-bond acceptors (Lipinski definition) is 6. The SMILES string of the molecule is COC(=O)C(CCC(=O)N1CCOc2ccccc2C1)NC(=O)C(CC1CCCCC1)NC(=O)N1CCc2ccccc21. The van der Waals surface area contributed by atoms with E-state index < -0.39 is 24.0 Å². The van der Waals surface area contributed by atoms with E-state index in [1.165, 1.54) is 13.5 Å². The van der Waals surface area contributed by atoms with Crippen LogP contribution in [0.1, 0.15) is 62.5 Å². The minimum Gasteiger partial charge on any atom is -0.491 e. The van der Waals surface area contributed by atoms with Crippen LogP contribution >= 0.6 is 0 Å². The van der Waals surface area contributed by atoms with Crippen LogP contribution in [-0.2, 0) is 32.1 Å². The minimum atomic E-state index is -1.02. The van der Waals surface area contributed by atoms with Gasteiger partial charge in [0.1, 0.15) is 24.4 Å². The van der Waals surface area contributed by atoms with Crippen LogP contribution in [0.5, 0.6) is 5.75 Å². The Balaban J connectivity index is 1.24. The van der Waals surface area contributed by atoms with Crippen molar-refractivity contribution in [3.05, 3.63) is 59.7 Å². The number of esters is 1. The first-order valence-electron chi connectivity index (χ1n) is 15.5. The number of carbonyl (C=O) groups is 4. The average molecular weight is 591 g/mol. The average Bonchev–Trinajstić information content (AvgIpc) is 3.35. The van der Waals surface area contributed by atoms with Gasteiger partial charge in [-0.3, -0.25) is 14.5 Å². The lowest BCUT2D eigenvalue weighted by atomic mass is 9.84. The zero-order chi connectivity index (χ0) is 30.2. The quantitative estimate of drug-likeness (QED) is 0.427. The molecule has 3 aliphatic rings. The van der Waals surface area contributed by atoms with Crippen LogP contribution < -0.4 is 20.3 Å². The fourth-order valence-electron chi connectivity index (χ4n) is 6.39. The molecule has 2 heterocycles. The van der Waals surface area contributed by atoms with Crippen LogP contribution in [0.3, 0.4) is 0 Å². The van der Waals surface area contributed by atoms with E-state index in [-0.39, 0.29) is 24.8 Å². The van der Waals surface area contributed by atoms with Crippen LogP contribution in [0.25, 0.3) is 0 Å². The van der Waals surface area contributed by atoms with Gasteiger partial charge in [-0.2, -0.15) is 0 Å². The summed E-state index contributed by atoms with van der Waals surface area (Å²) < 4.78 is 10.8. The molecule has 0 spiro atoms. The number of urea groups is 1. The van der Waals surface area contributed by atoms with Crippen LogP contribution in [0.4, 0.5) is 10.5 Å². The minimum absolute atomic E-state index is 0.0480. The van der Waals surface area contributed by atoms with Crippen molar-refractivity contribution in [2.45, 2.75) is 76.4 Å². The van der Waals surface area contributed by atoms with E-state index in [4.69, 9.17) is 9.47 Å². The monoisotopic (exact) mass is 590 g/mol. The van der Waals surface area contributed by atoms with Crippen molar-refractivity contribution in [1.29, 1.82) is 0 Å². The molecule has 5 rings (SSSR count).